The molecular formula is C11H5Cl2F3N2OS. The van der Waals surface area contributed by atoms with E-state index in [0.717, 1.165) is 11.3 Å². The Balaban J connectivity index is 2.23. The molecular weight excluding hydrogens is 336 g/mol. The number of amides is 1. The molecule has 0 spiro atoms. The molecule has 0 unspecified atom stereocenters. The number of thiazole rings is 1. The third-order valence-electron chi connectivity index (χ3n) is 2.19. The van der Waals surface area contributed by atoms with Crippen molar-refractivity contribution >= 4 is 45.6 Å². The number of carbonyl (C=O) groups is 1. The highest BCUT2D eigenvalue weighted by molar-refractivity contribution is 7.14. The largest absolute Gasteiger partial charge is 0.471 e. The van der Waals surface area contributed by atoms with Crippen molar-refractivity contribution in [1.82, 2.24) is 4.98 Å². The van der Waals surface area contributed by atoms with Gasteiger partial charge >= 0.3 is 12.1 Å². The maximum absolute atomic E-state index is 12.1. The molecule has 0 bridgehead atoms. The molecule has 1 aromatic heterocycles. The molecule has 0 aliphatic heterocycles. The van der Waals surface area contributed by atoms with Crippen LogP contribution in [0.15, 0.2) is 23.6 Å². The minimum atomic E-state index is -4.95. The number of hydrogen-bond acceptors (Lipinski definition) is 3. The van der Waals surface area contributed by atoms with Gasteiger partial charge in [0.1, 0.15) is 0 Å². The highest BCUT2D eigenvalue weighted by Crippen LogP contribution is 2.32. The Hall–Kier alpha value is -1.31. The summed E-state index contributed by atoms with van der Waals surface area (Å²) in [7, 11) is 0. The van der Waals surface area contributed by atoms with Crippen molar-refractivity contribution in [3.8, 4) is 11.3 Å². The van der Waals surface area contributed by atoms with Crippen molar-refractivity contribution in [2.24, 2.45) is 0 Å². The van der Waals surface area contributed by atoms with Gasteiger partial charge in [-0.15, -0.1) is 11.3 Å². The molecule has 20 heavy (non-hydrogen) atoms. The summed E-state index contributed by atoms with van der Waals surface area (Å²) < 4.78 is 36.3. The van der Waals surface area contributed by atoms with E-state index in [4.69, 9.17) is 23.2 Å². The van der Waals surface area contributed by atoms with Crippen LogP contribution in [0.3, 0.4) is 0 Å². The zero-order valence-corrected chi connectivity index (χ0v) is 11.8. The first-order valence-corrected chi connectivity index (χ1v) is 6.70. The number of benzene rings is 1. The van der Waals surface area contributed by atoms with E-state index in [0.29, 0.717) is 21.3 Å². The number of hydrogen-bond donors (Lipinski definition) is 1. The van der Waals surface area contributed by atoms with Crippen molar-refractivity contribution in [1.29, 1.82) is 0 Å². The van der Waals surface area contributed by atoms with Crippen LogP contribution in [-0.4, -0.2) is 17.1 Å². The average molecular weight is 341 g/mol. The van der Waals surface area contributed by atoms with Crippen LogP contribution >= 0.6 is 34.5 Å². The van der Waals surface area contributed by atoms with E-state index in [9.17, 15) is 18.0 Å². The molecule has 106 valence electrons. The van der Waals surface area contributed by atoms with Gasteiger partial charge in [0.15, 0.2) is 5.13 Å². The predicted octanol–water partition coefficient (Wildman–Crippen LogP) is 4.62. The highest BCUT2D eigenvalue weighted by Gasteiger charge is 2.39. The van der Waals surface area contributed by atoms with Crippen LogP contribution in [0.2, 0.25) is 10.0 Å². The summed E-state index contributed by atoms with van der Waals surface area (Å²) in [5, 5.41) is 3.75. The lowest BCUT2D eigenvalue weighted by atomic mass is 10.2. The van der Waals surface area contributed by atoms with E-state index in [2.05, 4.69) is 4.98 Å². The maximum Gasteiger partial charge on any atom is 0.471 e. The molecule has 2 aromatic rings. The standard InChI is InChI=1S/C11H5Cl2F3N2OS/c12-5-1-2-6(7(13)3-5)8-4-20-10(17-8)18-9(19)11(14,15)16/h1-4H,(H,17,18,19). The van der Waals surface area contributed by atoms with Gasteiger partial charge in [-0.25, -0.2) is 4.98 Å². The fourth-order valence-electron chi connectivity index (χ4n) is 1.32. The Bertz CT molecular complexity index is 657. The fourth-order valence-corrected chi connectivity index (χ4v) is 2.53. The van der Waals surface area contributed by atoms with E-state index in [1.165, 1.54) is 11.4 Å². The van der Waals surface area contributed by atoms with Crippen molar-refractivity contribution in [3.63, 3.8) is 0 Å². The summed E-state index contributed by atoms with van der Waals surface area (Å²) in [5.74, 6) is -2.07. The molecule has 0 saturated heterocycles. The zero-order valence-electron chi connectivity index (χ0n) is 9.46. The van der Waals surface area contributed by atoms with Gasteiger partial charge < -0.3 is 0 Å². The summed E-state index contributed by atoms with van der Waals surface area (Å²) in [6, 6.07) is 4.66. The average Bonchev–Trinajstić information content (AvgIpc) is 2.76. The van der Waals surface area contributed by atoms with Gasteiger partial charge in [-0.05, 0) is 18.2 Å². The predicted molar refractivity (Wildman–Crippen MR) is 72.3 cm³/mol. The Kier molecular flexibility index (Phi) is 4.22. The van der Waals surface area contributed by atoms with E-state index in [1.807, 2.05) is 0 Å². The number of nitrogens with one attached hydrogen (secondary N) is 1. The first kappa shape index (κ1) is 15.1. The Morgan fingerprint density at radius 1 is 1.30 bits per heavy atom. The second-order valence-electron chi connectivity index (χ2n) is 3.61. The van der Waals surface area contributed by atoms with Gasteiger partial charge in [-0.3, -0.25) is 10.1 Å². The lowest BCUT2D eigenvalue weighted by Gasteiger charge is -2.04. The number of anilines is 1. The molecule has 1 heterocycles. The molecule has 0 fully saturated rings. The van der Waals surface area contributed by atoms with E-state index < -0.39 is 12.1 Å². The zero-order chi connectivity index (χ0) is 14.9. The van der Waals surface area contributed by atoms with Crippen LogP contribution in [-0.2, 0) is 4.79 Å². The normalized spacial score (nSPS) is 11.4. The van der Waals surface area contributed by atoms with Crippen LogP contribution in [0.1, 0.15) is 0 Å². The minimum absolute atomic E-state index is 0.159. The Morgan fingerprint density at radius 2 is 2.00 bits per heavy atom. The number of alkyl halides is 3. The third-order valence-corrected chi connectivity index (χ3v) is 3.49. The third kappa shape index (κ3) is 3.41. The summed E-state index contributed by atoms with van der Waals surface area (Å²) in [5.41, 5.74) is 0.869. The van der Waals surface area contributed by atoms with E-state index in [1.54, 1.807) is 17.4 Å². The van der Waals surface area contributed by atoms with Gasteiger partial charge in [0.05, 0.1) is 10.7 Å². The molecule has 1 amide bonds. The molecule has 0 aliphatic carbocycles. The number of carbonyl (C=O) groups excluding carboxylic acids is 1. The quantitative estimate of drug-likeness (QED) is 0.866. The SMILES string of the molecule is O=C(Nc1nc(-c2ccc(Cl)cc2Cl)cs1)C(F)(F)F. The molecule has 0 aliphatic rings. The van der Waals surface area contributed by atoms with Gasteiger partial charge in [-0.2, -0.15) is 13.2 Å². The van der Waals surface area contributed by atoms with Crippen LogP contribution in [0, 0.1) is 0 Å². The molecule has 1 N–H and O–H groups in total. The minimum Gasteiger partial charge on any atom is -0.294 e. The molecule has 1 aromatic carbocycles. The lowest BCUT2D eigenvalue weighted by molar-refractivity contribution is -0.167. The van der Waals surface area contributed by atoms with E-state index >= 15 is 0 Å². The second kappa shape index (κ2) is 5.59. The summed E-state index contributed by atoms with van der Waals surface area (Å²) in [4.78, 5) is 14.7. The van der Waals surface area contributed by atoms with Crippen LogP contribution in [0.5, 0.6) is 0 Å². The first-order valence-electron chi connectivity index (χ1n) is 5.06. The molecule has 2 rings (SSSR count). The first-order chi connectivity index (χ1) is 9.27. The highest BCUT2D eigenvalue weighted by atomic mass is 35.5. The number of rotatable bonds is 2. The van der Waals surface area contributed by atoms with Crippen molar-refractivity contribution in [2.75, 3.05) is 5.32 Å². The topological polar surface area (TPSA) is 42.0 Å². The second-order valence-corrected chi connectivity index (χ2v) is 5.32. The summed E-state index contributed by atoms with van der Waals surface area (Å²) in [6.45, 7) is 0. The Morgan fingerprint density at radius 3 is 2.60 bits per heavy atom. The van der Waals surface area contributed by atoms with Crippen LogP contribution < -0.4 is 5.32 Å². The fraction of sp³-hybridized carbons (Fsp3) is 0.0909. The molecule has 0 saturated carbocycles. The van der Waals surface area contributed by atoms with Gasteiger partial charge in [0, 0.05) is 16.0 Å². The molecule has 0 atom stereocenters. The van der Waals surface area contributed by atoms with Crippen LogP contribution in [0.25, 0.3) is 11.3 Å². The van der Waals surface area contributed by atoms with Crippen molar-refractivity contribution in [2.45, 2.75) is 6.18 Å². The van der Waals surface area contributed by atoms with E-state index in [-0.39, 0.29) is 5.13 Å². The number of nitrogens with zero attached hydrogens (tertiary/aromatic N) is 1. The summed E-state index contributed by atoms with van der Waals surface area (Å²) >= 11 is 12.6. The van der Waals surface area contributed by atoms with Gasteiger partial charge in [0.2, 0.25) is 0 Å². The lowest BCUT2D eigenvalue weighted by Crippen LogP contribution is -2.29. The van der Waals surface area contributed by atoms with Gasteiger partial charge in [0.25, 0.3) is 0 Å². The Labute approximate surface area is 125 Å². The monoisotopic (exact) mass is 340 g/mol. The number of aromatic nitrogens is 1. The van der Waals surface area contributed by atoms with Crippen molar-refractivity contribution in [3.05, 3.63) is 33.6 Å². The molecule has 0 radical (unpaired) electrons. The molecule has 9 heteroatoms. The van der Waals surface area contributed by atoms with Crippen LogP contribution in [0.4, 0.5) is 18.3 Å². The molecule has 3 nitrogen and oxygen atoms in total. The van der Waals surface area contributed by atoms with Gasteiger partial charge in [-0.1, -0.05) is 23.2 Å². The number of halogens is 5. The van der Waals surface area contributed by atoms with Crippen molar-refractivity contribution < 1.29 is 18.0 Å². The smallest absolute Gasteiger partial charge is 0.294 e. The maximum atomic E-state index is 12.1. The summed E-state index contributed by atoms with van der Waals surface area (Å²) in [6.07, 6.45) is -4.95.